The molecule has 234 valence electrons. The van der Waals surface area contributed by atoms with Crippen molar-refractivity contribution in [2.45, 2.75) is 96.6 Å². The quantitative estimate of drug-likeness (QED) is 0.416. The Bertz CT molecular complexity index is 1230. The number of halogens is 1. The van der Waals surface area contributed by atoms with Crippen molar-refractivity contribution < 1.29 is 9.59 Å². The molecule has 2 saturated heterocycles. The third kappa shape index (κ3) is 8.18. The number of amides is 2. The Kier molecular flexibility index (Phi) is 10.8. The van der Waals surface area contributed by atoms with Crippen molar-refractivity contribution in [2.24, 2.45) is 5.92 Å². The first kappa shape index (κ1) is 32.0. The van der Waals surface area contributed by atoms with E-state index in [1.807, 2.05) is 41.3 Å². The first-order valence-electron chi connectivity index (χ1n) is 16.3. The van der Waals surface area contributed by atoms with Gasteiger partial charge in [0.25, 0.3) is 0 Å². The summed E-state index contributed by atoms with van der Waals surface area (Å²) in [5.41, 5.74) is 3.40. The van der Waals surface area contributed by atoms with Crippen LogP contribution in [0.1, 0.15) is 63.6 Å². The molecule has 3 heterocycles. The molecule has 3 aliphatic rings. The topological polar surface area (TPSA) is 67.9 Å². The number of carbonyl (C=O) groups excluding carboxylic acids is 2. The molecule has 2 aromatic carbocycles. The van der Waals surface area contributed by atoms with Gasteiger partial charge in [0.05, 0.1) is 6.04 Å². The lowest BCUT2D eigenvalue weighted by molar-refractivity contribution is -0.136. The third-order valence-corrected chi connectivity index (χ3v) is 9.84. The second-order valence-electron chi connectivity index (χ2n) is 13.5. The van der Waals surface area contributed by atoms with Crippen LogP contribution in [0.5, 0.6) is 0 Å². The highest BCUT2D eigenvalue weighted by atomic mass is 35.5. The number of carbonyl (C=O) groups is 2. The average Bonchev–Trinajstić information content (AvgIpc) is 3.50. The molecule has 0 aromatic heterocycles. The van der Waals surface area contributed by atoms with Crippen LogP contribution >= 0.6 is 11.6 Å². The molecule has 2 aromatic rings. The lowest BCUT2D eigenvalue weighted by Crippen LogP contribution is -2.56. The molecular formula is C35H50ClN5O2. The van der Waals surface area contributed by atoms with E-state index in [2.05, 4.69) is 60.3 Å². The van der Waals surface area contributed by atoms with Gasteiger partial charge < -0.3 is 20.4 Å². The van der Waals surface area contributed by atoms with Gasteiger partial charge in [-0.1, -0.05) is 61.8 Å². The molecule has 2 N–H and O–H groups in total. The van der Waals surface area contributed by atoms with E-state index >= 15 is 0 Å². The van der Waals surface area contributed by atoms with Gasteiger partial charge in [0, 0.05) is 55.7 Å². The highest BCUT2D eigenvalue weighted by molar-refractivity contribution is 6.30. The fourth-order valence-electron chi connectivity index (χ4n) is 7.15. The highest BCUT2D eigenvalue weighted by Gasteiger charge is 2.38. The second-order valence-corrected chi connectivity index (χ2v) is 13.9. The lowest BCUT2D eigenvalue weighted by Gasteiger charge is -2.43. The first-order valence-corrected chi connectivity index (χ1v) is 16.7. The summed E-state index contributed by atoms with van der Waals surface area (Å²) in [5, 5.41) is 7.21. The van der Waals surface area contributed by atoms with E-state index < -0.39 is 6.04 Å². The summed E-state index contributed by atoms with van der Waals surface area (Å²) in [6.07, 6.45) is 4.40. The van der Waals surface area contributed by atoms with Crippen LogP contribution in [0.2, 0.25) is 5.02 Å². The number of nitrogens with zero attached hydrogens (tertiary/aromatic N) is 3. The molecule has 3 aliphatic heterocycles. The van der Waals surface area contributed by atoms with Gasteiger partial charge in [0.15, 0.2) is 0 Å². The molecule has 2 amide bonds. The fraction of sp³-hybridized carbons (Fsp3) is 0.600. The Morgan fingerprint density at radius 1 is 0.953 bits per heavy atom. The number of benzene rings is 2. The Morgan fingerprint density at radius 2 is 1.63 bits per heavy atom. The van der Waals surface area contributed by atoms with Gasteiger partial charge in [-0.25, -0.2) is 0 Å². The maximum absolute atomic E-state index is 14.2. The van der Waals surface area contributed by atoms with Gasteiger partial charge in [-0.05, 0) is 87.4 Å². The predicted octanol–water partition coefficient (Wildman–Crippen LogP) is 4.51. The molecule has 0 radical (unpaired) electrons. The van der Waals surface area contributed by atoms with Crippen LogP contribution in [-0.2, 0) is 29.0 Å². The Labute approximate surface area is 263 Å². The van der Waals surface area contributed by atoms with Crippen molar-refractivity contribution in [2.75, 3.05) is 32.7 Å². The summed E-state index contributed by atoms with van der Waals surface area (Å²) in [5.74, 6) is 0.468. The van der Waals surface area contributed by atoms with Gasteiger partial charge in [-0.2, -0.15) is 0 Å². The molecule has 3 atom stereocenters. The van der Waals surface area contributed by atoms with Crippen molar-refractivity contribution in [1.82, 2.24) is 25.3 Å². The Hall–Kier alpha value is -2.45. The van der Waals surface area contributed by atoms with Crippen LogP contribution in [0.4, 0.5) is 0 Å². The summed E-state index contributed by atoms with van der Waals surface area (Å²) in [4.78, 5) is 35.0. The molecule has 2 fully saturated rings. The van der Waals surface area contributed by atoms with E-state index in [0.717, 1.165) is 44.7 Å². The molecule has 0 saturated carbocycles. The largest absolute Gasteiger partial charge is 0.343 e. The van der Waals surface area contributed by atoms with Crippen molar-refractivity contribution in [3.63, 3.8) is 0 Å². The predicted molar refractivity (Wildman–Crippen MR) is 174 cm³/mol. The van der Waals surface area contributed by atoms with Crippen LogP contribution in [0.25, 0.3) is 0 Å². The van der Waals surface area contributed by atoms with Crippen LogP contribution in [0.15, 0.2) is 48.5 Å². The Morgan fingerprint density at radius 3 is 2.30 bits per heavy atom. The van der Waals surface area contributed by atoms with Gasteiger partial charge in [-0.3, -0.25) is 14.5 Å². The molecular weight excluding hydrogens is 558 g/mol. The van der Waals surface area contributed by atoms with E-state index in [9.17, 15) is 9.59 Å². The molecule has 0 bridgehead atoms. The van der Waals surface area contributed by atoms with Gasteiger partial charge in [0.1, 0.15) is 6.04 Å². The van der Waals surface area contributed by atoms with Crippen molar-refractivity contribution >= 4 is 23.4 Å². The number of likely N-dealkylation sites (tertiary alicyclic amines) is 2. The summed E-state index contributed by atoms with van der Waals surface area (Å²) in [6.45, 7) is 14.6. The first-order chi connectivity index (χ1) is 20.7. The minimum atomic E-state index is -0.626. The Balaban J connectivity index is 1.27. The molecule has 43 heavy (non-hydrogen) atoms. The average molecular weight is 608 g/mol. The van der Waals surface area contributed by atoms with Crippen LogP contribution in [0.3, 0.4) is 0 Å². The lowest BCUT2D eigenvalue weighted by atomic mass is 9.95. The van der Waals surface area contributed by atoms with Gasteiger partial charge in [-0.15, -0.1) is 0 Å². The van der Waals surface area contributed by atoms with E-state index in [0.29, 0.717) is 48.5 Å². The van der Waals surface area contributed by atoms with E-state index in [-0.39, 0.29) is 17.9 Å². The number of nitrogens with one attached hydrogen (secondary N) is 2. The molecule has 0 unspecified atom stereocenters. The smallest absolute Gasteiger partial charge is 0.245 e. The maximum Gasteiger partial charge on any atom is 0.245 e. The minimum Gasteiger partial charge on any atom is -0.343 e. The zero-order valence-corrected chi connectivity index (χ0v) is 27.2. The van der Waals surface area contributed by atoms with Crippen molar-refractivity contribution in [1.29, 1.82) is 0 Å². The maximum atomic E-state index is 14.2. The molecule has 0 spiro atoms. The van der Waals surface area contributed by atoms with Crippen molar-refractivity contribution in [3.05, 3.63) is 70.2 Å². The number of piperidine rings is 1. The number of hydrogen-bond acceptors (Lipinski definition) is 5. The van der Waals surface area contributed by atoms with Crippen molar-refractivity contribution in [3.8, 4) is 0 Å². The van der Waals surface area contributed by atoms with Gasteiger partial charge >= 0.3 is 0 Å². The third-order valence-electron chi connectivity index (χ3n) is 9.58. The van der Waals surface area contributed by atoms with Crippen LogP contribution in [0, 0.1) is 5.92 Å². The minimum absolute atomic E-state index is 0.0149. The fourth-order valence-corrected chi connectivity index (χ4v) is 7.28. The molecule has 0 aliphatic carbocycles. The van der Waals surface area contributed by atoms with Gasteiger partial charge in [0.2, 0.25) is 11.8 Å². The van der Waals surface area contributed by atoms with Crippen LogP contribution in [-0.4, -0.2) is 89.4 Å². The molecule has 8 heteroatoms. The van der Waals surface area contributed by atoms with E-state index in [1.165, 1.54) is 24.0 Å². The van der Waals surface area contributed by atoms with Crippen LogP contribution < -0.4 is 10.6 Å². The standard InChI is InChI=1S/C35H50ClN5O2/c1-24(2)22-41(30-13-16-39(17-14-30)25(3)4)31-15-18-40(23-31)35(43)33(19-26-9-11-29(36)12-10-26)38-34(42)32-20-27-7-5-6-8-28(27)21-37-32/h5-12,24-25,30-33,37H,13-23H2,1-4H3,(H,38,42)/t31-,32+,33+/m0/s1. The van der Waals surface area contributed by atoms with E-state index in [1.54, 1.807) is 0 Å². The number of rotatable bonds is 10. The number of hydrogen-bond donors (Lipinski definition) is 2. The SMILES string of the molecule is CC(C)CN(C1CCN(C(C)C)CC1)[C@H]1CCN(C(=O)[C@@H](Cc2ccc(Cl)cc2)NC(=O)[C@H]2Cc3ccccc3CN2)C1. The monoisotopic (exact) mass is 607 g/mol. The number of fused-ring (bicyclic) bond motifs is 1. The summed E-state index contributed by atoms with van der Waals surface area (Å²) < 4.78 is 0. The second kappa shape index (κ2) is 14.6. The zero-order chi connectivity index (χ0) is 30.5. The normalized spacial score (nSPS) is 22.3. The summed E-state index contributed by atoms with van der Waals surface area (Å²) in [6, 6.07) is 16.3. The summed E-state index contributed by atoms with van der Waals surface area (Å²) in [7, 11) is 0. The molecule has 7 nitrogen and oxygen atoms in total. The summed E-state index contributed by atoms with van der Waals surface area (Å²) >= 11 is 6.15. The zero-order valence-electron chi connectivity index (χ0n) is 26.4. The molecule has 5 rings (SSSR count). The van der Waals surface area contributed by atoms with E-state index in [4.69, 9.17) is 11.6 Å². The highest BCUT2D eigenvalue weighted by Crippen LogP contribution is 2.27.